The summed E-state index contributed by atoms with van der Waals surface area (Å²) in [7, 11) is 0. The van der Waals surface area contributed by atoms with Crippen LogP contribution >= 0.6 is 0 Å². The number of halogens is 3. The van der Waals surface area contributed by atoms with Gasteiger partial charge in [-0.2, -0.15) is 23.4 Å². The lowest BCUT2D eigenvalue weighted by molar-refractivity contribution is -0.141. The average Bonchev–Trinajstić information content (AvgIpc) is 3.46. The highest BCUT2D eigenvalue weighted by molar-refractivity contribution is 6.03. The molecule has 1 N–H and O–H groups in total. The molecule has 3 heterocycles. The molecule has 0 radical (unpaired) electrons. The normalized spacial score (nSPS) is 16.8. The molecule has 1 unspecified atom stereocenters. The summed E-state index contributed by atoms with van der Waals surface area (Å²) in [6.07, 6.45) is -0.501. The lowest BCUT2D eigenvalue weighted by Crippen LogP contribution is -2.26. The average molecular weight is 415 g/mol. The number of aromatic nitrogens is 3. The monoisotopic (exact) mass is 415 g/mol. The standard InChI is InChI=1S/C21H20F3N5O/c1-3-20(30)29-18(15-5-4-9-25-15)12-16(26-29)14-6-7-17(13(2)11-14)28-10-8-19(27-28)21(22,23)24/h4-11,18,25H,3,12H2,1-2H3. The zero-order chi connectivity index (χ0) is 21.5. The van der Waals surface area contributed by atoms with Crippen molar-refractivity contribution < 1.29 is 18.0 Å². The van der Waals surface area contributed by atoms with Crippen LogP contribution in [0.25, 0.3) is 5.69 Å². The minimum Gasteiger partial charge on any atom is -0.363 e. The fraction of sp³-hybridized carbons (Fsp3) is 0.286. The number of nitrogens with one attached hydrogen (secondary N) is 1. The van der Waals surface area contributed by atoms with Crippen molar-refractivity contribution in [2.45, 2.75) is 38.9 Å². The Balaban J connectivity index is 1.64. The number of aryl methyl sites for hydroxylation is 1. The number of aromatic amines is 1. The molecule has 1 aliphatic heterocycles. The number of benzene rings is 1. The Morgan fingerprint density at radius 1 is 1.27 bits per heavy atom. The molecule has 0 bridgehead atoms. The fourth-order valence-corrected chi connectivity index (χ4v) is 3.57. The van der Waals surface area contributed by atoms with Crippen LogP contribution in [0.4, 0.5) is 13.2 Å². The molecular weight excluding hydrogens is 395 g/mol. The predicted octanol–water partition coefficient (Wildman–Crippen LogP) is 4.62. The van der Waals surface area contributed by atoms with Crippen LogP contribution in [0, 0.1) is 6.92 Å². The Morgan fingerprint density at radius 3 is 2.67 bits per heavy atom. The molecule has 1 amide bonds. The van der Waals surface area contributed by atoms with Gasteiger partial charge in [-0.3, -0.25) is 4.79 Å². The SMILES string of the molecule is CCC(=O)N1N=C(c2ccc(-n3ccc(C(F)(F)F)n3)c(C)c2)CC1c1ccc[nH]1. The van der Waals surface area contributed by atoms with Crippen molar-refractivity contribution in [1.29, 1.82) is 0 Å². The maximum atomic E-state index is 12.8. The Morgan fingerprint density at radius 2 is 2.07 bits per heavy atom. The van der Waals surface area contributed by atoms with E-state index in [-0.39, 0.29) is 11.9 Å². The minimum absolute atomic E-state index is 0.0748. The molecule has 1 aromatic carbocycles. The van der Waals surface area contributed by atoms with Crippen molar-refractivity contribution in [2.24, 2.45) is 5.10 Å². The van der Waals surface area contributed by atoms with Gasteiger partial charge < -0.3 is 4.98 Å². The van der Waals surface area contributed by atoms with Gasteiger partial charge in [0.1, 0.15) is 6.04 Å². The third-order valence-electron chi connectivity index (χ3n) is 5.11. The number of carbonyl (C=O) groups excluding carboxylic acids is 1. The second-order valence-electron chi connectivity index (χ2n) is 7.13. The zero-order valence-electron chi connectivity index (χ0n) is 16.4. The van der Waals surface area contributed by atoms with Crippen molar-refractivity contribution in [3.8, 4) is 5.69 Å². The first-order valence-corrected chi connectivity index (χ1v) is 9.55. The van der Waals surface area contributed by atoms with E-state index in [1.165, 1.54) is 15.9 Å². The highest BCUT2D eigenvalue weighted by atomic mass is 19.4. The van der Waals surface area contributed by atoms with Crippen LogP contribution in [0.5, 0.6) is 0 Å². The highest BCUT2D eigenvalue weighted by Gasteiger charge is 2.34. The molecule has 3 aromatic rings. The van der Waals surface area contributed by atoms with E-state index in [4.69, 9.17) is 0 Å². The maximum Gasteiger partial charge on any atom is 0.435 e. The number of hydrogen-bond acceptors (Lipinski definition) is 3. The van der Waals surface area contributed by atoms with Gasteiger partial charge >= 0.3 is 6.18 Å². The molecule has 4 rings (SSSR count). The molecule has 9 heteroatoms. The van der Waals surface area contributed by atoms with Gasteiger partial charge in [0.25, 0.3) is 0 Å². The van der Waals surface area contributed by atoms with Gasteiger partial charge in [-0.25, -0.2) is 9.69 Å². The van der Waals surface area contributed by atoms with Gasteiger partial charge in [-0.05, 0) is 48.4 Å². The quantitative estimate of drug-likeness (QED) is 0.676. The van der Waals surface area contributed by atoms with Gasteiger partial charge in [0.15, 0.2) is 5.69 Å². The predicted molar refractivity (Wildman–Crippen MR) is 105 cm³/mol. The molecule has 6 nitrogen and oxygen atoms in total. The van der Waals surface area contributed by atoms with E-state index in [0.717, 1.165) is 28.6 Å². The Hall–Kier alpha value is -3.36. The lowest BCUT2D eigenvalue weighted by Gasteiger charge is -2.20. The molecule has 0 aliphatic carbocycles. The van der Waals surface area contributed by atoms with Crippen molar-refractivity contribution in [1.82, 2.24) is 19.8 Å². The van der Waals surface area contributed by atoms with Crippen molar-refractivity contribution in [3.05, 3.63) is 71.3 Å². The van der Waals surface area contributed by atoms with E-state index >= 15 is 0 Å². The Kier molecular flexibility index (Phi) is 4.97. The smallest absolute Gasteiger partial charge is 0.363 e. The second kappa shape index (κ2) is 7.47. The minimum atomic E-state index is -4.49. The van der Waals surface area contributed by atoms with Crippen LogP contribution in [0.15, 0.2) is 53.9 Å². The first-order valence-electron chi connectivity index (χ1n) is 9.55. The second-order valence-corrected chi connectivity index (χ2v) is 7.13. The summed E-state index contributed by atoms with van der Waals surface area (Å²) in [6.45, 7) is 3.60. The molecule has 0 saturated heterocycles. The molecule has 0 fully saturated rings. The molecule has 0 spiro atoms. The summed E-state index contributed by atoms with van der Waals surface area (Å²) in [5, 5.41) is 9.70. The van der Waals surface area contributed by atoms with E-state index in [1.807, 2.05) is 18.2 Å². The van der Waals surface area contributed by atoms with Crippen LogP contribution in [-0.4, -0.2) is 31.4 Å². The van der Waals surface area contributed by atoms with Gasteiger partial charge in [0.2, 0.25) is 5.91 Å². The largest absolute Gasteiger partial charge is 0.435 e. The number of alkyl halides is 3. The van der Waals surface area contributed by atoms with E-state index in [0.29, 0.717) is 18.5 Å². The van der Waals surface area contributed by atoms with E-state index < -0.39 is 11.9 Å². The molecule has 0 saturated carbocycles. The zero-order valence-corrected chi connectivity index (χ0v) is 16.4. The highest BCUT2D eigenvalue weighted by Crippen LogP contribution is 2.33. The van der Waals surface area contributed by atoms with Crippen LogP contribution in [-0.2, 0) is 11.0 Å². The van der Waals surface area contributed by atoms with Crippen LogP contribution in [0.3, 0.4) is 0 Å². The third kappa shape index (κ3) is 3.62. The van der Waals surface area contributed by atoms with Crippen molar-refractivity contribution in [2.75, 3.05) is 0 Å². The van der Waals surface area contributed by atoms with Gasteiger partial charge in [0.05, 0.1) is 11.4 Å². The topological polar surface area (TPSA) is 66.3 Å². The molecule has 156 valence electrons. The number of carbonyl (C=O) groups is 1. The number of rotatable bonds is 4. The van der Waals surface area contributed by atoms with Gasteiger partial charge in [0, 0.05) is 30.9 Å². The number of hydrazone groups is 1. The van der Waals surface area contributed by atoms with Gasteiger partial charge in [-0.1, -0.05) is 13.0 Å². The number of amides is 1. The summed E-state index contributed by atoms with van der Waals surface area (Å²) in [5.41, 5.74) is 2.85. The van der Waals surface area contributed by atoms with Crippen LogP contribution in [0.1, 0.15) is 48.3 Å². The summed E-state index contributed by atoms with van der Waals surface area (Å²) >= 11 is 0. The van der Waals surface area contributed by atoms with Gasteiger partial charge in [-0.15, -0.1) is 0 Å². The summed E-state index contributed by atoms with van der Waals surface area (Å²) < 4.78 is 39.7. The van der Waals surface area contributed by atoms with Crippen molar-refractivity contribution in [3.63, 3.8) is 0 Å². The third-order valence-corrected chi connectivity index (χ3v) is 5.11. The summed E-state index contributed by atoms with van der Waals surface area (Å²) in [5.74, 6) is -0.0748. The lowest BCUT2D eigenvalue weighted by atomic mass is 10.00. The molecule has 30 heavy (non-hydrogen) atoms. The number of H-pyrrole nitrogens is 1. The van der Waals surface area contributed by atoms with E-state index in [9.17, 15) is 18.0 Å². The number of nitrogens with zero attached hydrogens (tertiary/aromatic N) is 4. The van der Waals surface area contributed by atoms with Crippen molar-refractivity contribution >= 4 is 11.6 Å². The maximum absolute atomic E-state index is 12.8. The first kappa shape index (κ1) is 19.9. The van der Waals surface area contributed by atoms with E-state index in [1.54, 1.807) is 32.2 Å². The Labute approximate surface area is 171 Å². The van der Waals surface area contributed by atoms with Crippen LogP contribution < -0.4 is 0 Å². The Bertz CT molecular complexity index is 1100. The first-order chi connectivity index (χ1) is 14.3. The summed E-state index contributed by atoms with van der Waals surface area (Å²) in [4.78, 5) is 15.5. The summed E-state index contributed by atoms with van der Waals surface area (Å²) in [6, 6.07) is 9.90. The fourth-order valence-electron chi connectivity index (χ4n) is 3.57. The number of hydrogen-bond donors (Lipinski definition) is 1. The van der Waals surface area contributed by atoms with E-state index in [2.05, 4.69) is 15.2 Å². The molecule has 1 atom stereocenters. The molecule has 2 aromatic heterocycles. The molecular formula is C21H20F3N5O. The van der Waals surface area contributed by atoms with Crippen LogP contribution in [0.2, 0.25) is 0 Å². The molecule has 1 aliphatic rings.